The third-order valence-electron chi connectivity index (χ3n) is 2.01. The van der Waals surface area contributed by atoms with Gasteiger partial charge in [0, 0.05) is 12.4 Å². The van der Waals surface area contributed by atoms with Gasteiger partial charge in [-0.2, -0.15) is 10.2 Å². The number of rotatable bonds is 2. The summed E-state index contributed by atoms with van der Waals surface area (Å²) < 4.78 is 0. The van der Waals surface area contributed by atoms with E-state index in [1.54, 1.807) is 24.8 Å². The van der Waals surface area contributed by atoms with Gasteiger partial charge in [-0.3, -0.25) is 0 Å². The molecule has 82 valence electrons. The topological polar surface area (TPSA) is 77.3 Å². The van der Waals surface area contributed by atoms with Crippen molar-refractivity contribution in [1.29, 1.82) is 0 Å². The molecule has 0 N–H and O–H groups in total. The van der Waals surface area contributed by atoms with Crippen LogP contribution in [0.1, 0.15) is 0 Å². The quantitative estimate of drug-likeness (QED) is 0.677. The lowest BCUT2D eigenvalue weighted by Crippen LogP contribution is -1.87. The minimum atomic E-state index is 0.604. The second-order valence-corrected chi connectivity index (χ2v) is 4.18. The summed E-state index contributed by atoms with van der Waals surface area (Å²) >= 11 is 1.51. The number of hydrogen-bond donors (Lipinski definition) is 0. The van der Waals surface area contributed by atoms with E-state index in [0.29, 0.717) is 11.6 Å². The summed E-state index contributed by atoms with van der Waals surface area (Å²) in [4.78, 5) is 10.1. The fourth-order valence-corrected chi connectivity index (χ4v) is 2.18. The molecule has 3 heterocycles. The van der Waals surface area contributed by atoms with Crippen molar-refractivity contribution in [2.45, 2.75) is 0 Å². The highest BCUT2D eigenvalue weighted by Gasteiger charge is 2.08. The van der Waals surface area contributed by atoms with Crippen molar-refractivity contribution in [3.05, 3.63) is 36.9 Å². The van der Waals surface area contributed by atoms with Crippen LogP contribution in [0.15, 0.2) is 36.9 Å². The van der Waals surface area contributed by atoms with Crippen LogP contribution in [-0.4, -0.2) is 30.4 Å². The van der Waals surface area contributed by atoms with Crippen molar-refractivity contribution in [2.24, 2.45) is 0 Å². The fraction of sp³-hybridized carbons (Fsp3) is 0. The molecule has 0 bridgehead atoms. The average Bonchev–Trinajstić information content (AvgIpc) is 2.90. The maximum Gasteiger partial charge on any atom is 0.191 e. The SMILES string of the molecule is c1cnc(-c2ccc(-c3nccnn3)s2)nn1. The summed E-state index contributed by atoms with van der Waals surface area (Å²) in [6, 6.07) is 3.85. The average molecular weight is 242 g/mol. The van der Waals surface area contributed by atoms with Gasteiger partial charge in [0.1, 0.15) is 0 Å². The lowest BCUT2D eigenvalue weighted by molar-refractivity contribution is 0.983. The Bertz CT molecular complexity index is 555. The number of thiophene rings is 1. The first kappa shape index (κ1) is 9.91. The predicted octanol–water partition coefficient (Wildman–Crippen LogP) is 1.45. The van der Waals surface area contributed by atoms with Gasteiger partial charge < -0.3 is 0 Å². The highest BCUT2D eigenvalue weighted by molar-refractivity contribution is 7.18. The normalized spacial score (nSPS) is 10.4. The molecule has 0 atom stereocenters. The molecule has 3 rings (SSSR count). The molecule has 0 spiro atoms. The van der Waals surface area contributed by atoms with Crippen molar-refractivity contribution < 1.29 is 0 Å². The summed E-state index contributed by atoms with van der Waals surface area (Å²) in [5, 5.41) is 15.5. The second kappa shape index (κ2) is 4.30. The molecule has 0 unspecified atom stereocenters. The summed E-state index contributed by atoms with van der Waals surface area (Å²) in [5.74, 6) is 1.21. The zero-order valence-corrected chi connectivity index (χ0v) is 9.37. The summed E-state index contributed by atoms with van der Waals surface area (Å²) in [6.07, 6.45) is 6.31. The van der Waals surface area contributed by atoms with Crippen molar-refractivity contribution in [1.82, 2.24) is 30.4 Å². The van der Waals surface area contributed by atoms with E-state index in [1.165, 1.54) is 11.3 Å². The van der Waals surface area contributed by atoms with Crippen LogP contribution in [0.25, 0.3) is 21.4 Å². The van der Waals surface area contributed by atoms with Gasteiger partial charge in [-0.05, 0) is 12.1 Å². The standard InChI is InChI=1S/C10H6N6S/c1-2-8(10-12-4-6-14-16-10)17-7(1)9-11-3-5-13-15-9/h1-6H. The molecular formula is C10H6N6S. The Kier molecular flexibility index (Phi) is 2.51. The molecule has 17 heavy (non-hydrogen) atoms. The largest absolute Gasteiger partial charge is 0.233 e. The van der Waals surface area contributed by atoms with Crippen LogP contribution < -0.4 is 0 Å². The molecule has 0 saturated heterocycles. The van der Waals surface area contributed by atoms with E-state index in [1.807, 2.05) is 12.1 Å². The third kappa shape index (κ3) is 2.00. The Hall–Kier alpha value is -2.28. The van der Waals surface area contributed by atoms with Crippen LogP contribution in [0.3, 0.4) is 0 Å². The first-order valence-electron chi connectivity index (χ1n) is 4.81. The van der Waals surface area contributed by atoms with E-state index in [9.17, 15) is 0 Å². The van der Waals surface area contributed by atoms with Gasteiger partial charge in [0.2, 0.25) is 0 Å². The Balaban J connectivity index is 1.99. The smallest absolute Gasteiger partial charge is 0.191 e. The number of hydrogen-bond acceptors (Lipinski definition) is 7. The molecule has 0 aliphatic heterocycles. The predicted molar refractivity (Wildman–Crippen MR) is 62.0 cm³/mol. The van der Waals surface area contributed by atoms with Crippen molar-refractivity contribution in [3.63, 3.8) is 0 Å². The second-order valence-electron chi connectivity index (χ2n) is 3.10. The molecular weight excluding hydrogens is 236 g/mol. The van der Waals surface area contributed by atoms with E-state index < -0.39 is 0 Å². The molecule has 3 aromatic heterocycles. The van der Waals surface area contributed by atoms with Crippen molar-refractivity contribution in [2.75, 3.05) is 0 Å². The van der Waals surface area contributed by atoms with E-state index >= 15 is 0 Å². The molecule has 0 amide bonds. The van der Waals surface area contributed by atoms with E-state index in [0.717, 1.165) is 9.75 Å². The van der Waals surface area contributed by atoms with Gasteiger partial charge in [-0.25, -0.2) is 9.97 Å². The van der Waals surface area contributed by atoms with Gasteiger partial charge in [0.05, 0.1) is 22.1 Å². The Morgan fingerprint density at radius 3 is 1.65 bits per heavy atom. The number of nitrogens with zero attached hydrogens (tertiary/aromatic N) is 6. The Morgan fingerprint density at radius 2 is 1.24 bits per heavy atom. The fourth-order valence-electron chi connectivity index (χ4n) is 1.30. The third-order valence-corrected chi connectivity index (χ3v) is 3.09. The lowest BCUT2D eigenvalue weighted by Gasteiger charge is -1.92. The molecule has 3 aromatic rings. The molecule has 0 aliphatic rings. The zero-order valence-electron chi connectivity index (χ0n) is 8.56. The highest BCUT2D eigenvalue weighted by atomic mass is 32.1. The highest BCUT2D eigenvalue weighted by Crippen LogP contribution is 2.29. The molecule has 0 aliphatic carbocycles. The lowest BCUT2D eigenvalue weighted by atomic mass is 10.4. The monoisotopic (exact) mass is 242 g/mol. The first-order valence-corrected chi connectivity index (χ1v) is 5.63. The Labute approximate surface area is 100 Å². The van der Waals surface area contributed by atoms with Gasteiger partial charge in [-0.1, -0.05) is 0 Å². The van der Waals surface area contributed by atoms with Crippen LogP contribution in [0.5, 0.6) is 0 Å². The maximum absolute atomic E-state index is 4.14. The molecule has 0 radical (unpaired) electrons. The van der Waals surface area contributed by atoms with E-state index in [2.05, 4.69) is 30.4 Å². The van der Waals surface area contributed by atoms with Crippen LogP contribution in [0, 0.1) is 0 Å². The molecule has 7 heteroatoms. The van der Waals surface area contributed by atoms with Crippen LogP contribution in [-0.2, 0) is 0 Å². The molecule has 0 aromatic carbocycles. The van der Waals surface area contributed by atoms with Gasteiger partial charge in [0.25, 0.3) is 0 Å². The number of aromatic nitrogens is 6. The van der Waals surface area contributed by atoms with Crippen molar-refractivity contribution >= 4 is 11.3 Å². The van der Waals surface area contributed by atoms with Gasteiger partial charge in [-0.15, -0.1) is 21.5 Å². The van der Waals surface area contributed by atoms with E-state index in [-0.39, 0.29) is 0 Å². The summed E-state index contributed by atoms with van der Waals surface area (Å²) in [6.45, 7) is 0. The summed E-state index contributed by atoms with van der Waals surface area (Å²) in [7, 11) is 0. The van der Waals surface area contributed by atoms with Crippen LogP contribution >= 0.6 is 11.3 Å². The van der Waals surface area contributed by atoms with Gasteiger partial charge in [0.15, 0.2) is 11.6 Å². The minimum absolute atomic E-state index is 0.604. The van der Waals surface area contributed by atoms with Crippen LogP contribution in [0.2, 0.25) is 0 Å². The minimum Gasteiger partial charge on any atom is -0.233 e. The molecule has 6 nitrogen and oxygen atoms in total. The van der Waals surface area contributed by atoms with Gasteiger partial charge >= 0.3 is 0 Å². The van der Waals surface area contributed by atoms with Crippen LogP contribution in [0.4, 0.5) is 0 Å². The first-order chi connectivity index (χ1) is 8.43. The maximum atomic E-state index is 4.14. The summed E-state index contributed by atoms with van der Waals surface area (Å²) in [5.41, 5.74) is 0. The molecule has 0 saturated carbocycles. The Morgan fingerprint density at radius 1 is 0.706 bits per heavy atom. The van der Waals surface area contributed by atoms with Crippen molar-refractivity contribution in [3.8, 4) is 21.4 Å². The van der Waals surface area contributed by atoms with E-state index in [4.69, 9.17) is 0 Å². The zero-order chi connectivity index (χ0) is 11.5. The molecule has 0 fully saturated rings.